The highest BCUT2D eigenvalue weighted by atomic mass is 16.5. The Bertz CT molecular complexity index is 579. The molecule has 2 heterocycles. The van der Waals surface area contributed by atoms with E-state index in [1.807, 2.05) is 25.5 Å². The summed E-state index contributed by atoms with van der Waals surface area (Å²) in [6, 6.07) is 0.0651. The van der Waals surface area contributed by atoms with Crippen molar-refractivity contribution < 1.29 is 4.52 Å². The average molecular weight is 277 g/mol. The van der Waals surface area contributed by atoms with Crippen LogP contribution in [-0.4, -0.2) is 14.9 Å². The van der Waals surface area contributed by atoms with Crippen molar-refractivity contribution in [3.05, 3.63) is 22.7 Å². The second-order valence-electron chi connectivity index (χ2n) is 5.17. The van der Waals surface area contributed by atoms with E-state index < -0.39 is 0 Å². The molecule has 0 fully saturated rings. The molecule has 0 aliphatic heterocycles. The number of aryl methyl sites for hydroxylation is 4. The minimum absolute atomic E-state index is 0.0651. The Morgan fingerprint density at radius 2 is 2.00 bits per heavy atom. The highest BCUT2D eigenvalue weighted by Crippen LogP contribution is 2.29. The van der Waals surface area contributed by atoms with Gasteiger partial charge in [-0.1, -0.05) is 12.1 Å². The number of rotatable bonds is 5. The number of hydrogen-bond donors (Lipinski definition) is 2. The van der Waals surface area contributed by atoms with E-state index in [-0.39, 0.29) is 6.04 Å². The summed E-state index contributed by atoms with van der Waals surface area (Å²) in [5.41, 5.74) is 9.66. The molecule has 0 aromatic carbocycles. The van der Waals surface area contributed by atoms with Crippen molar-refractivity contribution in [3.63, 3.8) is 0 Å². The van der Waals surface area contributed by atoms with Gasteiger partial charge in [-0.05, 0) is 34.1 Å². The van der Waals surface area contributed by atoms with Crippen molar-refractivity contribution in [3.8, 4) is 0 Å². The molecule has 20 heavy (non-hydrogen) atoms. The monoisotopic (exact) mass is 277 g/mol. The minimum Gasteiger partial charge on any atom is -0.394 e. The maximum atomic E-state index is 6.13. The Labute approximate surface area is 119 Å². The molecular formula is C14H23N5O. The largest absolute Gasteiger partial charge is 0.394 e. The lowest BCUT2D eigenvalue weighted by Crippen LogP contribution is -2.14. The van der Waals surface area contributed by atoms with E-state index in [9.17, 15) is 0 Å². The van der Waals surface area contributed by atoms with Gasteiger partial charge in [-0.25, -0.2) is 4.68 Å². The third-order valence-corrected chi connectivity index (χ3v) is 3.48. The minimum atomic E-state index is 0.0651. The summed E-state index contributed by atoms with van der Waals surface area (Å²) in [7, 11) is 0. The summed E-state index contributed by atoms with van der Waals surface area (Å²) in [4.78, 5) is 0. The van der Waals surface area contributed by atoms with Gasteiger partial charge in [0, 0.05) is 12.1 Å². The van der Waals surface area contributed by atoms with Crippen LogP contribution in [0.2, 0.25) is 0 Å². The van der Waals surface area contributed by atoms with Crippen molar-refractivity contribution in [1.29, 1.82) is 0 Å². The molecule has 6 nitrogen and oxygen atoms in total. The Balaban J connectivity index is 2.30. The maximum Gasteiger partial charge on any atom is 0.148 e. The third-order valence-electron chi connectivity index (χ3n) is 3.48. The van der Waals surface area contributed by atoms with E-state index >= 15 is 0 Å². The van der Waals surface area contributed by atoms with Crippen LogP contribution in [0.4, 0.5) is 11.5 Å². The quantitative estimate of drug-likeness (QED) is 0.878. The van der Waals surface area contributed by atoms with Gasteiger partial charge in [0.2, 0.25) is 0 Å². The molecule has 2 aromatic rings. The van der Waals surface area contributed by atoms with E-state index in [0.29, 0.717) is 5.69 Å². The van der Waals surface area contributed by atoms with Crippen molar-refractivity contribution in [2.75, 3.05) is 11.1 Å². The second kappa shape index (κ2) is 5.56. The lowest BCUT2D eigenvalue weighted by atomic mass is 10.1. The van der Waals surface area contributed by atoms with Gasteiger partial charge in [-0.2, -0.15) is 5.10 Å². The standard InChI is InChI=1S/C14H23N5O/c1-6-7-19-14(13(15)10(4)17-19)16-8(2)12-9(3)18-20-11(12)5/h8,16H,6-7,15H2,1-5H3. The van der Waals surface area contributed by atoms with E-state index in [0.717, 1.165) is 41.5 Å². The van der Waals surface area contributed by atoms with E-state index in [1.54, 1.807) is 0 Å². The zero-order valence-corrected chi connectivity index (χ0v) is 12.8. The molecule has 0 spiro atoms. The molecule has 0 saturated carbocycles. The van der Waals surface area contributed by atoms with E-state index in [2.05, 4.69) is 29.4 Å². The Morgan fingerprint density at radius 1 is 1.30 bits per heavy atom. The van der Waals surface area contributed by atoms with Crippen LogP contribution in [0.25, 0.3) is 0 Å². The topological polar surface area (TPSA) is 81.9 Å². The molecular weight excluding hydrogens is 254 g/mol. The molecule has 2 rings (SSSR count). The Morgan fingerprint density at radius 3 is 2.55 bits per heavy atom. The van der Waals surface area contributed by atoms with Crippen LogP contribution in [0.5, 0.6) is 0 Å². The van der Waals surface area contributed by atoms with Crippen LogP contribution in [-0.2, 0) is 6.54 Å². The summed E-state index contributed by atoms with van der Waals surface area (Å²) in [6.07, 6.45) is 1.01. The predicted molar refractivity (Wildman–Crippen MR) is 79.7 cm³/mol. The number of nitrogens with one attached hydrogen (secondary N) is 1. The maximum absolute atomic E-state index is 6.13. The van der Waals surface area contributed by atoms with Crippen LogP contribution in [0.3, 0.4) is 0 Å². The highest BCUT2D eigenvalue weighted by Gasteiger charge is 2.20. The third kappa shape index (κ3) is 2.50. The number of anilines is 2. The molecule has 0 bridgehead atoms. The molecule has 0 aliphatic carbocycles. The molecule has 2 aromatic heterocycles. The summed E-state index contributed by atoms with van der Waals surface area (Å²) >= 11 is 0. The normalized spacial score (nSPS) is 12.7. The molecule has 0 radical (unpaired) electrons. The first kappa shape index (κ1) is 14.4. The lowest BCUT2D eigenvalue weighted by molar-refractivity contribution is 0.392. The first-order valence-corrected chi connectivity index (χ1v) is 6.97. The smallest absolute Gasteiger partial charge is 0.148 e. The van der Waals surface area contributed by atoms with Crippen molar-refractivity contribution >= 4 is 11.5 Å². The molecule has 1 atom stereocenters. The number of nitrogens with zero attached hydrogens (tertiary/aromatic N) is 3. The van der Waals surface area contributed by atoms with Crippen LogP contribution >= 0.6 is 0 Å². The van der Waals surface area contributed by atoms with Crippen LogP contribution in [0.15, 0.2) is 4.52 Å². The fourth-order valence-electron chi connectivity index (χ4n) is 2.51. The molecule has 110 valence electrons. The zero-order valence-electron chi connectivity index (χ0n) is 12.8. The van der Waals surface area contributed by atoms with Crippen molar-refractivity contribution in [2.24, 2.45) is 0 Å². The van der Waals surface area contributed by atoms with Gasteiger partial charge in [-0.3, -0.25) is 0 Å². The SMILES string of the molecule is CCCn1nc(C)c(N)c1NC(C)c1c(C)noc1C. The average Bonchev–Trinajstić information content (AvgIpc) is 2.85. The molecule has 0 aliphatic rings. The molecule has 0 saturated heterocycles. The molecule has 3 N–H and O–H groups in total. The molecule has 0 amide bonds. The van der Waals surface area contributed by atoms with Crippen molar-refractivity contribution in [1.82, 2.24) is 14.9 Å². The van der Waals surface area contributed by atoms with Crippen LogP contribution < -0.4 is 11.1 Å². The number of nitrogens with two attached hydrogens (primary N) is 1. The summed E-state index contributed by atoms with van der Waals surface area (Å²) in [5, 5.41) is 11.9. The lowest BCUT2D eigenvalue weighted by Gasteiger charge is -2.17. The Kier molecular flexibility index (Phi) is 4.01. The van der Waals surface area contributed by atoms with Gasteiger partial charge in [0.05, 0.1) is 23.1 Å². The zero-order chi connectivity index (χ0) is 14.9. The van der Waals surface area contributed by atoms with Gasteiger partial charge < -0.3 is 15.6 Å². The first-order valence-electron chi connectivity index (χ1n) is 6.97. The van der Waals surface area contributed by atoms with Crippen LogP contribution in [0, 0.1) is 20.8 Å². The molecule has 1 unspecified atom stereocenters. The van der Waals surface area contributed by atoms with E-state index in [1.165, 1.54) is 0 Å². The van der Waals surface area contributed by atoms with Gasteiger partial charge in [0.15, 0.2) is 0 Å². The van der Waals surface area contributed by atoms with E-state index in [4.69, 9.17) is 10.3 Å². The number of aromatic nitrogens is 3. The van der Waals surface area contributed by atoms with Gasteiger partial charge in [0.1, 0.15) is 11.6 Å². The van der Waals surface area contributed by atoms with Crippen molar-refractivity contribution in [2.45, 2.75) is 53.6 Å². The first-order chi connectivity index (χ1) is 9.45. The van der Waals surface area contributed by atoms with Crippen LogP contribution in [0.1, 0.15) is 49.0 Å². The fourth-order valence-corrected chi connectivity index (χ4v) is 2.51. The number of nitrogen functional groups attached to an aromatic ring is 1. The number of hydrogen-bond acceptors (Lipinski definition) is 5. The fraction of sp³-hybridized carbons (Fsp3) is 0.571. The van der Waals surface area contributed by atoms with Gasteiger partial charge in [-0.15, -0.1) is 0 Å². The highest BCUT2D eigenvalue weighted by molar-refractivity contribution is 5.65. The predicted octanol–water partition coefficient (Wildman–Crippen LogP) is 2.96. The summed E-state index contributed by atoms with van der Waals surface area (Å²) < 4.78 is 7.15. The van der Waals surface area contributed by atoms with Gasteiger partial charge in [0.25, 0.3) is 0 Å². The summed E-state index contributed by atoms with van der Waals surface area (Å²) in [5.74, 6) is 1.70. The second-order valence-corrected chi connectivity index (χ2v) is 5.17. The van der Waals surface area contributed by atoms with Gasteiger partial charge >= 0.3 is 0 Å². The summed E-state index contributed by atoms with van der Waals surface area (Å²) in [6.45, 7) is 10.8. The molecule has 6 heteroatoms. The Hall–Kier alpha value is -1.98.